The van der Waals surface area contributed by atoms with Crippen LogP contribution in [0.2, 0.25) is 25.2 Å². The zero-order chi connectivity index (χ0) is 77.2. The molecule has 0 saturated heterocycles. The highest BCUT2D eigenvalue weighted by molar-refractivity contribution is 7.84. The molecule has 4 saturated carbocycles. The summed E-state index contributed by atoms with van der Waals surface area (Å²) in [6.45, 7) is 0. The molecule has 9 N–H and O–H groups in total. The van der Waals surface area contributed by atoms with E-state index in [1.807, 2.05) is 60.7 Å². The van der Waals surface area contributed by atoms with Crippen LogP contribution in [0.15, 0.2) is 122 Å². The molecule has 0 amide bonds. The Morgan fingerprint density at radius 2 is 0.642 bits per heavy atom. The molecule has 8 heterocycles. The van der Waals surface area contributed by atoms with Crippen molar-refractivity contribution in [3.05, 3.63) is 192 Å². The highest BCUT2D eigenvalue weighted by Crippen LogP contribution is 2.35. The standard InChI is InChI=1S/3C18H17ClN6OS.C10H8ClN5.C8H10ClNOS/c3*1-27(26)10-11-6-14(4-5-15(11)19)22-16-7-17(23-13-2-3-13)25-18(24-16)12(8-20)9-21-25;11-8-3-9(14-7-1-2-7)16-10(15-8)6(4-12)5-13-16;1-12(11)5-6-4-7(10)2-3-8(6)9/h3*4-7,9,13,23H,2-3,10H2,1H3,(H,22,24);3,5,7,14H,1-2H2;2-4H,5,10H2,1H3/t3*27-;;/m110../s1. The van der Waals surface area contributed by atoms with Crippen molar-refractivity contribution in [1.82, 2.24) is 58.4 Å². The van der Waals surface area contributed by atoms with E-state index in [9.17, 15) is 32.6 Å². The number of nitrogens with two attached hydrogens (primary N) is 1. The van der Waals surface area contributed by atoms with Crippen LogP contribution < -0.4 is 43.0 Å². The molecule has 4 fully saturated rings. The molecule has 4 atom stereocenters. The van der Waals surface area contributed by atoms with Crippen LogP contribution in [-0.2, 0) is 66.2 Å². The zero-order valence-electron chi connectivity index (χ0n) is 58.7. The minimum atomic E-state index is -0.988. The van der Waals surface area contributed by atoms with Crippen molar-refractivity contribution in [3.63, 3.8) is 0 Å². The lowest BCUT2D eigenvalue weighted by Crippen LogP contribution is -2.09. The summed E-state index contributed by atoms with van der Waals surface area (Å²) in [5, 5.41) is 79.8. The molecular weight excluding hydrogens is 1570 g/mol. The molecule has 16 rings (SSSR count). The Morgan fingerprint density at radius 1 is 0.385 bits per heavy atom. The minimum absolute atomic E-state index is 0.368. The molecule has 0 aliphatic heterocycles. The summed E-state index contributed by atoms with van der Waals surface area (Å²) in [6.07, 6.45) is 21.6. The quantitative estimate of drug-likeness (QED) is 0.0231. The molecule has 4 aromatic carbocycles. The van der Waals surface area contributed by atoms with Gasteiger partial charge in [-0.05, 0) is 146 Å². The maximum absolute atomic E-state index is 11.5. The number of nitrogen functional groups attached to an aromatic ring is 1. The van der Waals surface area contributed by atoms with E-state index in [0.29, 0.717) is 140 Å². The van der Waals surface area contributed by atoms with Gasteiger partial charge in [-0.2, -0.15) is 59.5 Å². The predicted molar refractivity (Wildman–Crippen MR) is 434 cm³/mol. The summed E-state index contributed by atoms with van der Waals surface area (Å²) < 4.78 is 52.1. The number of hydrogen-bond donors (Lipinski definition) is 8. The highest BCUT2D eigenvalue weighted by Gasteiger charge is 2.27. The van der Waals surface area contributed by atoms with Gasteiger partial charge in [-0.1, -0.05) is 58.0 Å². The lowest BCUT2D eigenvalue weighted by molar-refractivity contribution is 0.685. The molecule has 8 aromatic heterocycles. The van der Waals surface area contributed by atoms with Gasteiger partial charge in [0, 0.05) is 183 Å². The Labute approximate surface area is 660 Å². The monoisotopic (exact) mass is 1640 g/mol. The zero-order valence-corrected chi connectivity index (χ0v) is 65.8. The number of nitrogens with one attached hydrogen (secondary N) is 7. The predicted octanol–water partition coefficient (Wildman–Crippen LogP) is 14.0. The molecular formula is C72H69Cl5N24O4S4. The van der Waals surface area contributed by atoms with Crippen LogP contribution in [-0.4, -0.2) is 124 Å². The van der Waals surface area contributed by atoms with Crippen LogP contribution in [0.1, 0.15) is 95.9 Å². The molecule has 0 radical (unpaired) electrons. The van der Waals surface area contributed by atoms with E-state index in [-0.39, 0.29) is 0 Å². The first-order chi connectivity index (χ1) is 52.5. The Balaban J connectivity index is 0.000000131. The van der Waals surface area contributed by atoms with Crippen molar-refractivity contribution in [3.8, 4) is 24.3 Å². The highest BCUT2D eigenvalue weighted by atomic mass is 35.5. The normalized spacial score (nSPS) is 14.5. The van der Waals surface area contributed by atoms with Crippen LogP contribution in [0.3, 0.4) is 0 Å². The largest absolute Gasteiger partial charge is 0.399 e. The number of benzene rings is 4. The minimum Gasteiger partial charge on any atom is -0.399 e. The number of fused-ring (bicyclic) bond motifs is 4. The van der Waals surface area contributed by atoms with E-state index < -0.39 is 43.2 Å². The number of anilines is 11. The Hall–Kier alpha value is -10.2. The van der Waals surface area contributed by atoms with E-state index >= 15 is 0 Å². The average Bonchev–Trinajstić information content (AvgIpc) is 1.66. The Bertz CT molecular complexity index is 5300. The van der Waals surface area contributed by atoms with E-state index in [2.05, 4.69) is 95.8 Å². The molecule has 12 aromatic rings. The maximum Gasteiger partial charge on any atom is 0.177 e. The molecule has 560 valence electrons. The third-order valence-electron chi connectivity index (χ3n) is 16.5. The fraction of sp³-hybridized carbons (Fsp3) is 0.278. The summed E-state index contributed by atoms with van der Waals surface area (Å²) in [6, 6.07) is 39.2. The van der Waals surface area contributed by atoms with E-state index in [1.165, 1.54) is 24.8 Å². The smallest absolute Gasteiger partial charge is 0.177 e. The number of nitrogens with zero attached hydrogens (tertiary/aromatic N) is 16. The second kappa shape index (κ2) is 35.4. The van der Waals surface area contributed by atoms with Crippen molar-refractivity contribution < 1.29 is 16.8 Å². The van der Waals surface area contributed by atoms with Gasteiger partial charge in [-0.25, -0.2) is 19.9 Å². The third-order valence-corrected chi connectivity index (χ3v) is 21.1. The number of hydrogen-bond acceptors (Lipinski definition) is 24. The molecule has 109 heavy (non-hydrogen) atoms. The summed E-state index contributed by atoms with van der Waals surface area (Å²) in [4.78, 5) is 17.7. The summed E-state index contributed by atoms with van der Waals surface area (Å²) >= 11 is 30.4. The topological polar surface area (TPSA) is 394 Å². The molecule has 1 unspecified atom stereocenters. The number of nitriles is 4. The number of aromatic nitrogens is 12. The second-order valence-corrected chi connectivity index (χ2v) is 33.6. The number of halogens is 5. The SMILES string of the molecule is CS(=O)Cc1cc(N)ccc1Cl.C[S@@](=O)Cc1cc(Nc2cc(NC3CC3)n3ncc(C#N)c3n2)ccc1Cl.C[S@@](=O)Cc1cc(Nc2cc(NC3CC3)n3ncc(C#N)c3n2)ccc1Cl.C[S@](=O)Cc1cc(Nc2cc(NC3CC3)n3ncc(C#N)c3n2)ccc1Cl.N#Cc1cnn2c(NC3CC3)cc(Cl)nc12. The number of rotatable bonds is 22. The molecule has 4 aliphatic carbocycles. The first kappa shape index (κ1) is 78.4. The van der Waals surface area contributed by atoms with Gasteiger partial charge >= 0.3 is 0 Å². The Morgan fingerprint density at radius 3 is 0.908 bits per heavy atom. The molecule has 37 heteroatoms. The fourth-order valence-electron chi connectivity index (χ4n) is 10.8. The molecule has 0 spiro atoms. The first-order valence-electron chi connectivity index (χ1n) is 33.7. The molecule has 0 bridgehead atoms. The average molecular weight is 1640 g/mol. The summed E-state index contributed by atoms with van der Waals surface area (Å²) in [7, 11) is -3.84. The summed E-state index contributed by atoms with van der Waals surface area (Å²) in [5.41, 5.74) is 15.5. The van der Waals surface area contributed by atoms with Crippen LogP contribution >= 0.6 is 58.0 Å². The van der Waals surface area contributed by atoms with E-state index in [0.717, 1.165) is 114 Å². The van der Waals surface area contributed by atoms with Crippen molar-refractivity contribution in [2.75, 3.05) is 68.0 Å². The van der Waals surface area contributed by atoms with Crippen molar-refractivity contribution in [1.29, 1.82) is 21.0 Å². The Kier molecular flexibility index (Phi) is 25.5. The van der Waals surface area contributed by atoms with Crippen LogP contribution in [0.4, 0.5) is 63.5 Å². The van der Waals surface area contributed by atoms with Gasteiger partial charge in [0.15, 0.2) is 22.6 Å². The summed E-state index contributed by atoms with van der Waals surface area (Å²) in [5.74, 6) is 6.54. The van der Waals surface area contributed by atoms with Gasteiger partial charge in [0.05, 0.1) is 24.8 Å². The first-order valence-corrected chi connectivity index (χ1v) is 42.5. The van der Waals surface area contributed by atoms with Crippen LogP contribution in [0, 0.1) is 45.3 Å². The third kappa shape index (κ3) is 21.2. The van der Waals surface area contributed by atoms with Gasteiger partial charge in [0.1, 0.15) is 92.4 Å². The molecule has 4 aliphatic rings. The van der Waals surface area contributed by atoms with Crippen LogP contribution in [0.5, 0.6) is 0 Å². The van der Waals surface area contributed by atoms with Gasteiger partial charge in [-0.15, -0.1) is 0 Å². The van der Waals surface area contributed by atoms with E-state index in [4.69, 9.17) is 69.0 Å². The van der Waals surface area contributed by atoms with Gasteiger partial charge in [0.2, 0.25) is 0 Å². The second-order valence-electron chi connectivity index (χ2n) is 25.9. The lowest BCUT2D eigenvalue weighted by atomic mass is 10.2. The lowest BCUT2D eigenvalue weighted by Gasteiger charge is -2.12. The van der Waals surface area contributed by atoms with Crippen molar-refractivity contribution in [2.24, 2.45) is 0 Å². The van der Waals surface area contributed by atoms with Crippen molar-refractivity contribution in [2.45, 2.75) is 98.5 Å². The van der Waals surface area contributed by atoms with E-state index in [1.54, 1.807) is 85.5 Å². The van der Waals surface area contributed by atoms with Gasteiger partial charge < -0.3 is 43.0 Å². The van der Waals surface area contributed by atoms with Gasteiger partial charge in [0.25, 0.3) is 0 Å². The molecule has 28 nitrogen and oxygen atoms in total. The van der Waals surface area contributed by atoms with Crippen molar-refractivity contribution >= 4 is 187 Å². The fourth-order valence-corrected chi connectivity index (χ4v) is 14.7. The maximum atomic E-state index is 11.5. The van der Waals surface area contributed by atoms with Crippen LogP contribution in [0.25, 0.3) is 22.6 Å². The van der Waals surface area contributed by atoms with Gasteiger partial charge in [-0.3, -0.25) is 16.8 Å².